The van der Waals surface area contributed by atoms with E-state index in [1.165, 1.54) is 0 Å². The van der Waals surface area contributed by atoms with Gasteiger partial charge in [-0.05, 0) is 5.92 Å². The number of ether oxygens (including phenoxy) is 1. The molecule has 0 radical (unpaired) electrons. The van der Waals surface area contributed by atoms with Gasteiger partial charge in [0.2, 0.25) is 5.91 Å². The third-order valence-corrected chi connectivity index (χ3v) is 2.07. The topological polar surface area (TPSA) is 102 Å². The molecule has 0 spiro atoms. The maximum Gasteiger partial charge on any atom is 0.329 e. The van der Waals surface area contributed by atoms with Gasteiger partial charge >= 0.3 is 5.97 Å². The zero-order valence-corrected chi connectivity index (χ0v) is 9.73. The Labute approximate surface area is 95.1 Å². The SMILES string of the molecule is CC(C)C(N)CC(=O)NCCOCC(=O)O. The number of carboxylic acids is 1. The Bertz CT molecular complexity index is 231. The summed E-state index contributed by atoms with van der Waals surface area (Å²) >= 11 is 0. The molecule has 0 rings (SSSR count). The Morgan fingerprint density at radius 2 is 2.06 bits per heavy atom. The number of hydrogen-bond acceptors (Lipinski definition) is 4. The summed E-state index contributed by atoms with van der Waals surface area (Å²) < 4.78 is 4.75. The number of carboxylic acid groups (broad SMARTS) is 1. The van der Waals surface area contributed by atoms with Crippen molar-refractivity contribution in [2.45, 2.75) is 26.3 Å². The molecule has 0 aromatic heterocycles. The van der Waals surface area contributed by atoms with E-state index in [0.717, 1.165) is 0 Å². The van der Waals surface area contributed by atoms with E-state index in [-0.39, 0.29) is 37.5 Å². The van der Waals surface area contributed by atoms with Gasteiger partial charge in [0, 0.05) is 19.0 Å². The number of amides is 1. The van der Waals surface area contributed by atoms with E-state index in [1.807, 2.05) is 13.8 Å². The molecule has 0 saturated heterocycles. The molecule has 0 aromatic carbocycles. The highest BCUT2D eigenvalue weighted by Crippen LogP contribution is 2.01. The van der Waals surface area contributed by atoms with Crippen LogP contribution in [0.3, 0.4) is 0 Å². The fraction of sp³-hybridized carbons (Fsp3) is 0.800. The molecule has 6 heteroatoms. The summed E-state index contributed by atoms with van der Waals surface area (Å²) in [4.78, 5) is 21.4. The highest BCUT2D eigenvalue weighted by atomic mass is 16.5. The van der Waals surface area contributed by atoms with E-state index in [1.54, 1.807) is 0 Å². The van der Waals surface area contributed by atoms with Gasteiger partial charge in [-0.1, -0.05) is 13.8 Å². The molecule has 6 nitrogen and oxygen atoms in total. The van der Waals surface area contributed by atoms with Crippen LogP contribution in [0, 0.1) is 5.92 Å². The Kier molecular flexibility index (Phi) is 7.49. The van der Waals surface area contributed by atoms with Crippen molar-refractivity contribution in [1.82, 2.24) is 5.32 Å². The molecule has 1 unspecified atom stereocenters. The lowest BCUT2D eigenvalue weighted by Gasteiger charge is -2.14. The molecule has 0 aliphatic heterocycles. The minimum Gasteiger partial charge on any atom is -0.480 e. The van der Waals surface area contributed by atoms with Crippen LogP contribution in [0.25, 0.3) is 0 Å². The summed E-state index contributed by atoms with van der Waals surface area (Å²) in [7, 11) is 0. The van der Waals surface area contributed by atoms with Crippen molar-refractivity contribution in [3.63, 3.8) is 0 Å². The molecule has 4 N–H and O–H groups in total. The van der Waals surface area contributed by atoms with Crippen molar-refractivity contribution in [3.8, 4) is 0 Å². The average molecular weight is 232 g/mol. The first-order valence-corrected chi connectivity index (χ1v) is 5.25. The van der Waals surface area contributed by atoms with Crippen LogP contribution < -0.4 is 11.1 Å². The Balaban J connectivity index is 3.47. The molecule has 0 aliphatic rings. The van der Waals surface area contributed by atoms with Crippen LogP contribution in [-0.4, -0.2) is 42.8 Å². The molecule has 0 bridgehead atoms. The summed E-state index contributed by atoms with van der Waals surface area (Å²) in [5.74, 6) is -0.901. The normalized spacial score (nSPS) is 12.5. The summed E-state index contributed by atoms with van der Waals surface area (Å²) in [6.45, 7) is 4.05. The fourth-order valence-electron chi connectivity index (χ4n) is 0.944. The van der Waals surface area contributed by atoms with Crippen LogP contribution in [0.2, 0.25) is 0 Å². The van der Waals surface area contributed by atoms with Crippen LogP contribution in [0.1, 0.15) is 20.3 Å². The number of aliphatic carboxylic acids is 1. The van der Waals surface area contributed by atoms with Gasteiger partial charge < -0.3 is 20.9 Å². The molecular formula is C10H20N2O4. The molecule has 16 heavy (non-hydrogen) atoms. The van der Waals surface area contributed by atoms with Gasteiger partial charge in [0.05, 0.1) is 6.61 Å². The maximum absolute atomic E-state index is 11.3. The van der Waals surface area contributed by atoms with Crippen LogP contribution in [0.15, 0.2) is 0 Å². The second-order valence-corrected chi connectivity index (χ2v) is 3.91. The largest absolute Gasteiger partial charge is 0.480 e. The van der Waals surface area contributed by atoms with E-state index in [9.17, 15) is 9.59 Å². The van der Waals surface area contributed by atoms with Crippen molar-refractivity contribution in [2.75, 3.05) is 19.8 Å². The van der Waals surface area contributed by atoms with Gasteiger partial charge in [-0.3, -0.25) is 4.79 Å². The fourth-order valence-corrected chi connectivity index (χ4v) is 0.944. The van der Waals surface area contributed by atoms with Gasteiger partial charge in [-0.25, -0.2) is 4.79 Å². The third kappa shape index (κ3) is 8.19. The zero-order chi connectivity index (χ0) is 12.6. The quantitative estimate of drug-likeness (QED) is 0.493. The van der Waals surface area contributed by atoms with Gasteiger partial charge in [0.15, 0.2) is 0 Å². The molecule has 1 atom stereocenters. The molecule has 94 valence electrons. The number of rotatable bonds is 8. The number of nitrogens with two attached hydrogens (primary N) is 1. The second-order valence-electron chi connectivity index (χ2n) is 3.91. The monoisotopic (exact) mass is 232 g/mol. The first-order valence-electron chi connectivity index (χ1n) is 5.25. The smallest absolute Gasteiger partial charge is 0.329 e. The molecule has 0 aromatic rings. The lowest BCUT2D eigenvalue weighted by molar-refractivity contribution is -0.142. The van der Waals surface area contributed by atoms with Crippen LogP contribution in [0.4, 0.5) is 0 Å². The van der Waals surface area contributed by atoms with E-state index in [4.69, 9.17) is 15.6 Å². The van der Waals surface area contributed by atoms with Crippen molar-refractivity contribution in [2.24, 2.45) is 11.7 Å². The third-order valence-electron chi connectivity index (χ3n) is 2.07. The lowest BCUT2D eigenvalue weighted by atomic mass is 10.0. The minimum absolute atomic E-state index is 0.139. The Morgan fingerprint density at radius 3 is 2.56 bits per heavy atom. The van der Waals surface area contributed by atoms with Crippen LogP contribution in [0.5, 0.6) is 0 Å². The van der Waals surface area contributed by atoms with Crippen molar-refractivity contribution >= 4 is 11.9 Å². The van der Waals surface area contributed by atoms with Crippen molar-refractivity contribution in [1.29, 1.82) is 0 Å². The predicted octanol–water partition coefficient (Wildman–Crippen LogP) is -0.423. The Morgan fingerprint density at radius 1 is 1.44 bits per heavy atom. The molecule has 0 heterocycles. The van der Waals surface area contributed by atoms with Gasteiger partial charge in [0.1, 0.15) is 6.61 Å². The highest BCUT2D eigenvalue weighted by Gasteiger charge is 2.12. The summed E-state index contributed by atoms with van der Waals surface area (Å²) in [5.41, 5.74) is 5.72. The summed E-state index contributed by atoms with van der Waals surface area (Å²) in [6.07, 6.45) is 0.274. The van der Waals surface area contributed by atoms with Gasteiger partial charge in [-0.15, -0.1) is 0 Å². The summed E-state index contributed by atoms with van der Waals surface area (Å²) in [6, 6.07) is -0.153. The lowest BCUT2D eigenvalue weighted by Crippen LogP contribution is -2.36. The van der Waals surface area contributed by atoms with E-state index in [2.05, 4.69) is 5.32 Å². The number of nitrogens with one attached hydrogen (secondary N) is 1. The molecule has 0 saturated carbocycles. The van der Waals surface area contributed by atoms with Crippen molar-refractivity contribution < 1.29 is 19.4 Å². The zero-order valence-electron chi connectivity index (χ0n) is 9.73. The first kappa shape index (κ1) is 14.9. The van der Waals surface area contributed by atoms with Crippen LogP contribution >= 0.6 is 0 Å². The number of carbonyl (C=O) groups excluding carboxylic acids is 1. The number of hydrogen-bond donors (Lipinski definition) is 3. The van der Waals surface area contributed by atoms with Crippen molar-refractivity contribution in [3.05, 3.63) is 0 Å². The van der Waals surface area contributed by atoms with Gasteiger partial charge in [0.25, 0.3) is 0 Å². The second kappa shape index (κ2) is 8.06. The predicted molar refractivity (Wildman–Crippen MR) is 58.9 cm³/mol. The average Bonchev–Trinajstić information content (AvgIpc) is 2.16. The standard InChI is InChI=1S/C10H20N2O4/c1-7(2)8(11)5-9(13)12-3-4-16-6-10(14)15/h7-8H,3-6,11H2,1-2H3,(H,12,13)(H,14,15). The van der Waals surface area contributed by atoms with E-state index in [0.29, 0.717) is 6.54 Å². The Hall–Kier alpha value is -1.14. The molecular weight excluding hydrogens is 212 g/mol. The van der Waals surface area contributed by atoms with E-state index >= 15 is 0 Å². The molecule has 1 amide bonds. The highest BCUT2D eigenvalue weighted by molar-refractivity contribution is 5.76. The van der Waals surface area contributed by atoms with E-state index < -0.39 is 5.97 Å². The number of carbonyl (C=O) groups is 2. The molecule has 0 aliphatic carbocycles. The molecule has 0 fully saturated rings. The first-order chi connectivity index (χ1) is 7.43. The maximum atomic E-state index is 11.3. The van der Waals surface area contributed by atoms with Gasteiger partial charge in [-0.2, -0.15) is 0 Å². The summed E-state index contributed by atoms with van der Waals surface area (Å²) in [5, 5.41) is 10.9. The minimum atomic E-state index is -1.02. The van der Waals surface area contributed by atoms with Crippen LogP contribution in [-0.2, 0) is 14.3 Å².